The number of hydrogen-bond donors (Lipinski definition) is 1. The van der Waals surface area contributed by atoms with E-state index in [0.29, 0.717) is 0 Å². The summed E-state index contributed by atoms with van der Waals surface area (Å²) in [6.07, 6.45) is -0.940. The molecule has 1 rings (SSSR count). The molecule has 14 heavy (non-hydrogen) atoms. The van der Waals surface area contributed by atoms with Crippen LogP contribution in [0.25, 0.3) is 0 Å². The van der Waals surface area contributed by atoms with Gasteiger partial charge in [0.2, 0.25) is 0 Å². The van der Waals surface area contributed by atoms with E-state index in [1.165, 1.54) is 12.1 Å². The Balaban J connectivity index is 2.76. The van der Waals surface area contributed by atoms with Crippen LogP contribution in [0.15, 0.2) is 18.2 Å². The lowest BCUT2D eigenvalue weighted by atomic mass is 10.3. The van der Waals surface area contributed by atoms with E-state index in [1.807, 2.05) is 5.32 Å². The largest absolute Gasteiger partial charge is 0.433 e. The van der Waals surface area contributed by atoms with Gasteiger partial charge in [0, 0.05) is 0 Å². The van der Waals surface area contributed by atoms with Crippen LogP contribution in [0.2, 0.25) is 0 Å². The predicted octanol–water partition coefficient (Wildman–Crippen LogP) is 2.71. The van der Waals surface area contributed by atoms with Gasteiger partial charge in [-0.25, -0.2) is 13.6 Å². The Hall–Kier alpha value is -1.36. The molecule has 0 saturated heterocycles. The normalized spacial score (nSPS) is 9.64. The lowest BCUT2D eigenvalue weighted by Crippen LogP contribution is -2.14. The van der Waals surface area contributed by atoms with Gasteiger partial charge in [0.05, 0.1) is 5.69 Å². The fraction of sp³-hybridized carbons (Fsp3) is 0.125. The molecule has 0 saturated carbocycles. The molecule has 0 aliphatic heterocycles. The zero-order valence-corrected chi connectivity index (χ0v) is 7.65. The van der Waals surface area contributed by atoms with Crippen molar-refractivity contribution in [3.8, 4) is 0 Å². The first kappa shape index (κ1) is 10.7. The maximum absolute atomic E-state index is 12.9. The minimum atomic E-state index is -1.14. The Kier molecular flexibility index (Phi) is 3.64. The molecule has 0 atom stereocenters. The molecule has 1 aromatic carbocycles. The zero-order valence-electron chi connectivity index (χ0n) is 6.89. The third-order valence-electron chi connectivity index (χ3n) is 1.37. The molecule has 3 nitrogen and oxygen atoms in total. The van der Waals surface area contributed by atoms with Gasteiger partial charge in [-0.05, 0) is 12.1 Å². The highest BCUT2D eigenvalue weighted by molar-refractivity contribution is 6.17. The monoisotopic (exact) mass is 221 g/mol. The summed E-state index contributed by atoms with van der Waals surface area (Å²) in [5.74, 6) is -2.19. The van der Waals surface area contributed by atoms with Crippen LogP contribution >= 0.6 is 11.6 Å². The van der Waals surface area contributed by atoms with E-state index in [9.17, 15) is 13.6 Å². The van der Waals surface area contributed by atoms with Crippen LogP contribution in [0, 0.1) is 11.6 Å². The summed E-state index contributed by atoms with van der Waals surface area (Å²) < 4.78 is 29.8. The minimum Gasteiger partial charge on any atom is -0.433 e. The lowest BCUT2D eigenvalue weighted by molar-refractivity contribution is 0.180. The second-order valence-corrected chi connectivity index (χ2v) is 2.49. The zero-order chi connectivity index (χ0) is 10.6. The molecule has 0 aromatic heterocycles. The summed E-state index contributed by atoms with van der Waals surface area (Å²) >= 11 is 5.08. The Morgan fingerprint density at radius 3 is 2.86 bits per heavy atom. The fourth-order valence-corrected chi connectivity index (χ4v) is 0.895. The number of rotatable bonds is 2. The van der Waals surface area contributed by atoms with Crippen molar-refractivity contribution in [1.29, 1.82) is 0 Å². The number of amides is 1. The van der Waals surface area contributed by atoms with Crippen molar-refractivity contribution in [1.82, 2.24) is 0 Å². The van der Waals surface area contributed by atoms with Crippen molar-refractivity contribution in [2.24, 2.45) is 0 Å². The molecular weight excluding hydrogens is 216 g/mol. The first-order chi connectivity index (χ1) is 6.65. The molecule has 0 fully saturated rings. The summed E-state index contributed by atoms with van der Waals surface area (Å²) in [5, 5.41) is 1.99. The molecule has 0 spiro atoms. The quantitative estimate of drug-likeness (QED) is 0.780. The summed E-state index contributed by atoms with van der Waals surface area (Å²) in [6, 6.07) is 3.04. The molecule has 0 aliphatic carbocycles. The summed E-state index contributed by atoms with van der Waals surface area (Å²) in [5.41, 5.74) is -0.292. The van der Waals surface area contributed by atoms with Gasteiger partial charge in [-0.3, -0.25) is 5.32 Å². The molecule has 1 aromatic rings. The maximum Gasteiger partial charge on any atom is 0.412 e. The first-order valence-corrected chi connectivity index (χ1v) is 4.12. The van der Waals surface area contributed by atoms with Gasteiger partial charge in [-0.1, -0.05) is 17.7 Å². The van der Waals surface area contributed by atoms with Gasteiger partial charge in [0.15, 0.2) is 17.7 Å². The second kappa shape index (κ2) is 4.76. The van der Waals surface area contributed by atoms with Crippen molar-refractivity contribution in [3.05, 3.63) is 29.8 Å². The average Bonchev–Trinajstić information content (AvgIpc) is 2.13. The van der Waals surface area contributed by atoms with Crippen LogP contribution in [0.3, 0.4) is 0 Å². The summed E-state index contributed by atoms with van der Waals surface area (Å²) in [4.78, 5) is 10.8. The first-order valence-electron chi connectivity index (χ1n) is 3.59. The molecular formula is C8H6ClF2NO2. The lowest BCUT2D eigenvalue weighted by Gasteiger charge is -2.05. The standard InChI is InChI=1S/C8H6ClF2NO2/c9-4-14-8(13)12-6-3-1-2-5(10)7(6)11/h1-3H,4H2,(H,12,13). The number of alkyl halides is 1. The van der Waals surface area contributed by atoms with E-state index < -0.39 is 17.7 Å². The van der Waals surface area contributed by atoms with Crippen LogP contribution < -0.4 is 5.32 Å². The highest BCUT2D eigenvalue weighted by Gasteiger charge is 2.10. The van der Waals surface area contributed by atoms with Crippen molar-refractivity contribution in [2.45, 2.75) is 0 Å². The van der Waals surface area contributed by atoms with Crippen LogP contribution in [0.4, 0.5) is 19.3 Å². The van der Waals surface area contributed by atoms with E-state index in [0.717, 1.165) is 6.07 Å². The Labute approximate surface area is 83.6 Å². The van der Waals surface area contributed by atoms with Gasteiger partial charge in [-0.15, -0.1) is 0 Å². The van der Waals surface area contributed by atoms with E-state index in [4.69, 9.17) is 11.6 Å². The maximum atomic E-state index is 12.9. The molecule has 0 aliphatic rings. The van der Waals surface area contributed by atoms with Crippen LogP contribution in [-0.4, -0.2) is 12.2 Å². The molecule has 1 amide bonds. The third kappa shape index (κ3) is 2.56. The smallest absolute Gasteiger partial charge is 0.412 e. The van der Waals surface area contributed by atoms with Gasteiger partial charge in [0.25, 0.3) is 0 Å². The number of anilines is 1. The second-order valence-electron chi connectivity index (χ2n) is 2.27. The molecule has 0 unspecified atom stereocenters. The highest BCUT2D eigenvalue weighted by atomic mass is 35.5. The van der Waals surface area contributed by atoms with E-state index >= 15 is 0 Å². The van der Waals surface area contributed by atoms with Gasteiger partial charge >= 0.3 is 6.09 Å². The summed E-state index contributed by atoms with van der Waals surface area (Å²) in [6.45, 7) is 0. The van der Waals surface area contributed by atoms with E-state index in [1.54, 1.807) is 0 Å². The van der Waals surface area contributed by atoms with Gasteiger partial charge in [0.1, 0.15) is 0 Å². The van der Waals surface area contributed by atoms with Crippen molar-refractivity contribution < 1.29 is 18.3 Å². The van der Waals surface area contributed by atoms with Crippen molar-refractivity contribution in [2.75, 3.05) is 11.4 Å². The Bertz CT molecular complexity index is 346. The van der Waals surface area contributed by atoms with Gasteiger partial charge < -0.3 is 4.74 Å². The number of benzene rings is 1. The minimum absolute atomic E-state index is 0.292. The molecule has 0 bridgehead atoms. The van der Waals surface area contributed by atoms with Crippen LogP contribution in [-0.2, 0) is 4.74 Å². The molecule has 6 heteroatoms. The Morgan fingerprint density at radius 2 is 2.21 bits per heavy atom. The van der Waals surface area contributed by atoms with Crippen LogP contribution in [0.5, 0.6) is 0 Å². The van der Waals surface area contributed by atoms with Crippen molar-refractivity contribution >= 4 is 23.4 Å². The van der Waals surface area contributed by atoms with E-state index in [-0.39, 0.29) is 11.8 Å². The average molecular weight is 222 g/mol. The number of carbonyl (C=O) groups is 1. The highest BCUT2D eigenvalue weighted by Crippen LogP contribution is 2.16. The van der Waals surface area contributed by atoms with Crippen LogP contribution in [0.1, 0.15) is 0 Å². The number of halogens is 3. The van der Waals surface area contributed by atoms with Crippen molar-refractivity contribution in [3.63, 3.8) is 0 Å². The number of carbonyl (C=O) groups excluding carboxylic acids is 1. The fourth-order valence-electron chi connectivity index (χ4n) is 0.796. The number of hydrogen-bond acceptors (Lipinski definition) is 2. The summed E-state index contributed by atoms with van der Waals surface area (Å²) in [7, 11) is 0. The molecule has 0 radical (unpaired) electrons. The topological polar surface area (TPSA) is 38.3 Å². The third-order valence-corrected chi connectivity index (χ3v) is 1.48. The predicted molar refractivity (Wildman–Crippen MR) is 47.2 cm³/mol. The van der Waals surface area contributed by atoms with Gasteiger partial charge in [-0.2, -0.15) is 0 Å². The molecule has 76 valence electrons. The number of nitrogens with one attached hydrogen (secondary N) is 1. The SMILES string of the molecule is O=C(Nc1cccc(F)c1F)OCCl. The van der Waals surface area contributed by atoms with E-state index in [2.05, 4.69) is 4.74 Å². The molecule has 1 N–H and O–H groups in total. The molecule has 0 heterocycles. The Morgan fingerprint density at radius 1 is 1.50 bits per heavy atom. The number of ether oxygens (including phenoxy) is 1.